The predicted octanol–water partition coefficient (Wildman–Crippen LogP) is 5.67. The van der Waals surface area contributed by atoms with Crippen molar-refractivity contribution in [3.63, 3.8) is 0 Å². The van der Waals surface area contributed by atoms with E-state index in [9.17, 15) is 4.79 Å². The number of amides is 1. The van der Waals surface area contributed by atoms with E-state index in [0.717, 1.165) is 40.1 Å². The van der Waals surface area contributed by atoms with E-state index in [1.54, 1.807) is 11.3 Å². The number of benzene rings is 2. The van der Waals surface area contributed by atoms with Gasteiger partial charge in [-0.15, -0.1) is 11.3 Å². The van der Waals surface area contributed by atoms with Gasteiger partial charge in [0, 0.05) is 29.2 Å². The third-order valence-corrected chi connectivity index (χ3v) is 6.42. The Morgan fingerprint density at radius 1 is 1.17 bits per heavy atom. The summed E-state index contributed by atoms with van der Waals surface area (Å²) in [7, 11) is 0. The quantitative estimate of drug-likeness (QED) is 0.453. The summed E-state index contributed by atoms with van der Waals surface area (Å²) in [5, 5.41) is 1.65. The van der Waals surface area contributed by atoms with Crippen LogP contribution in [0.3, 0.4) is 0 Å². The van der Waals surface area contributed by atoms with E-state index in [1.807, 2.05) is 44.4 Å². The SMILES string of the molecule is CSNC(=O)c1nc(N(CCc2ccc(C)c(Cl)c2)Cc2ccccc2)sc1C. The molecule has 0 spiro atoms. The van der Waals surface area contributed by atoms with Crippen molar-refractivity contribution >= 4 is 45.9 Å². The number of rotatable bonds is 8. The van der Waals surface area contributed by atoms with Crippen molar-refractivity contribution in [3.8, 4) is 0 Å². The van der Waals surface area contributed by atoms with E-state index in [2.05, 4.69) is 38.9 Å². The van der Waals surface area contributed by atoms with E-state index in [-0.39, 0.29) is 5.91 Å². The van der Waals surface area contributed by atoms with Gasteiger partial charge in [-0.2, -0.15) is 0 Å². The third kappa shape index (κ3) is 5.75. The second kappa shape index (κ2) is 10.1. The Hall–Kier alpha value is -2.02. The lowest BCUT2D eigenvalue weighted by Crippen LogP contribution is -2.25. The lowest BCUT2D eigenvalue weighted by atomic mass is 10.1. The molecule has 0 aliphatic carbocycles. The molecule has 0 aliphatic rings. The van der Waals surface area contributed by atoms with Crippen molar-refractivity contribution in [2.75, 3.05) is 17.7 Å². The van der Waals surface area contributed by atoms with Crippen LogP contribution in [0.5, 0.6) is 0 Å². The Kier molecular flexibility index (Phi) is 7.58. The predicted molar refractivity (Wildman–Crippen MR) is 125 cm³/mol. The van der Waals surface area contributed by atoms with Crippen molar-refractivity contribution in [1.29, 1.82) is 0 Å². The van der Waals surface area contributed by atoms with Gasteiger partial charge in [0.2, 0.25) is 0 Å². The Labute approximate surface area is 185 Å². The van der Waals surface area contributed by atoms with Gasteiger partial charge in [0.05, 0.1) is 0 Å². The number of halogens is 1. The zero-order valence-corrected chi connectivity index (χ0v) is 19.1. The fraction of sp³-hybridized carbons (Fsp3) is 0.273. The minimum absolute atomic E-state index is 0.150. The molecule has 29 heavy (non-hydrogen) atoms. The molecular formula is C22H24ClN3OS2. The van der Waals surface area contributed by atoms with E-state index in [0.29, 0.717) is 5.69 Å². The summed E-state index contributed by atoms with van der Waals surface area (Å²) in [4.78, 5) is 20.1. The van der Waals surface area contributed by atoms with Crippen LogP contribution in [0.25, 0.3) is 0 Å². The molecule has 1 heterocycles. The molecule has 0 radical (unpaired) electrons. The van der Waals surface area contributed by atoms with Gasteiger partial charge < -0.3 is 4.90 Å². The van der Waals surface area contributed by atoms with Gasteiger partial charge in [-0.05, 0) is 43.0 Å². The van der Waals surface area contributed by atoms with Crippen LogP contribution in [0.2, 0.25) is 5.02 Å². The first kappa shape index (κ1) is 21.7. The molecule has 0 saturated carbocycles. The molecule has 0 aliphatic heterocycles. The zero-order chi connectivity index (χ0) is 20.8. The second-order valence-corrected chi connectivity index (χ2v) is 8.98. The number of hydrogen-bond donors (Lipinski definition) is 1. The molecular weight excluding hydrogens is 422 g/mol. The number of carbonyl (C=O) groups excluding carboxylic acids is 1. The molecule has 0 fully saturated rings. The topological polar surface area (TPSA) is 45.2 Å². The highest BCUT2D eigenvalue weighted by molar-refractivity contribution is 7.97. The fourth-order valence-electron chi connectivity index (χ4n) is 2.97. The van der Waals surface area contributed by atoms with Crippen LogP contribution in [0, 0.1) is 13.8 Å². The molecule has 2 aromatic carbocycles. The zero-order valence-electron chi connectivity index (χ0n) is 16.7. The average Bonchev–Trinajstić information content (AvgIpc) is 3.10. The highest BCUT2D eigenvalue weighted by atomic mass is 35.5. The van der Waals surface area contributed by atoms with E-state index < -0.39 is 0 Å². The highest BCUT2D eigenvalue weighted by Crippen LogP contribution is 2.28. The monoisotopic (exact) mass is 445 g/mol. The lowest BCUT2D eigenvalue weighted by molar-refractivity contribution is 0.0980. The molecule has 0 bridgehead atoms. The van der Waals surface area contributed by atoms with E-state index in [4.69, 9.17) is 11.6 Å². The minimum atomic E-state index is -0.150. The summed E-state index contributed by atoms with van der Waals surface area (Å²) < 4.78 is 2.76. The van der Waals surface area contributed by atoms with Crippen LogP contribution >= 0.6 is 34.9 Å². The molecule has 0 saturated heterocycles. The van der Waals surface area contributed by atoms with Crippen molar-refractivity contribution in [1.82, 2.24) is 9.71 Å². The number of nitrogens with one attached hydrogen (secondary N) is 1. The fourth-order valence-corrected chi connectivity index (χ4v) is 4.39. The van der Waals surface area contributed by atoms with Crippen LogP contribution in [0.15, 0.2) is 48.5 Å². The summed E-state index contributed by atoms with van der Waals surface area (Å²) in [6.07, 6.45) is 2.67. The average molecular weight is 446 g/mol. The van der Waals surface area contributed by atoms with Gasteiger partial charge in [-0.3, -0.25) is 9.52 Å². The van der Waals surface area contributed by atoms with Crippen molar-refractivity contribution < 1.29 is 4.79 Å². The Morgan fingerprint density at radius 3 is 2.62 bits per heavy atom. The number of aryl methyl sites for hydroxylation is 2. The standard InChI is InChI=1S/C22H24ClN3OS2/c1-15-9-10-17(13-19(15)23)11-12-26(14-18-7-5-4-6-8-18)22-24-20(16(2)29-22)21(27)25-28-3/h4-10,13H,11-12,14H2,1-3H3,(H,25,27). The number of anilines is 1. The Morgan fingerprint density at radius 2 is 1.93 bits per heavy atom. The van der Waals surface area contributed by atoms with Crippen molar-refractivity contribution in [2.24, 2.45) is 0 Å². The number of carbonyl (C=O) groups is 1. The molecule has 3 aromatic rings. The molecule has 1 aromatic heterocycles. The summed E-state index contributed by atoms with van der Waals surface area (Å²) in [6, 6.07) is 16.5. The molecule has 0 unspecified atom stereocenters. The smallest absolute Gasteiger partial charge is 0.280 e. The van der Waals surface area contributed by atoms with Crippen LogP contribution in [-0.2, 0) is 13.0 Å². The molecule has 4 nitrogen and oxygen atoms in total. The molecule has 0 atom stereocenters. The minimum Gasteiger partial charge on any atom is -0.343 e. The van der Waals surface area contributed by atoms with Crippen LogP contribution < -0.4 is 9.62 Å². The summed E-state index contributed by atoms with van der Waals surface area (Å²) in [5.74, 6) is -0.150. The maximum atomic E-state index is 12.3. The molecule has 152 valence electrons. The Bertz CT molecular complexity index is 975. The highest BCUT2D eigenvalue weighted by Gasteiger charge is 2.19. The Balaban J connectivity index is 1.83. The molecule has 1 N–H and O–H groups in total. The van der Waals surface area contributed by atoms with Crippen LogP contribution in [0.4, 0.5) is 5.13 Å². The number of nitrogens with zero attached hydrogens (tertiary/aromatic N) is 2. The maximum Gasteiger partial charge on any atom is 0.280 e. The number of hydrogen-bond acceptors (Lipinski definition) is 5. The first-order valence-electron chi connectivity index (χ1n) is 9.32. The first-order chi connectivity index (χ1) is 14.0. The van der Waals surface area contributed by atoms with Gasteiger partial charge >= 0.3 is 0 Å². The van der Waals surface area contributed by atoms with E-state index >= 15 is 0 Å². The van der Waals surface area contributed by atoms with Gasteiger partial charge in [-0.25, -0.2) is 4.98 Å². The van der Waals surface area contributed by atoms with Crippen LogP contribution in [0.1, 0.15) is 32.1 Å². The third-order valence-electron chi connectivity index (χ3n) is 4.59. The summed E-state index contributed by atoms with van der Waals surface area (Å²) in [5.41, 5.74) is 3.97. The van der Waals surface area contributed by atoms with Gasteiger partial charge in [0.1, 0.15) is 5.69 Å². The van der Waals surface area contributed by atoms with Crippen molar-refractivity contribution in [2.45, 2.75) is 26.8 Å². The lowest BCUT2D eigenvalue weighted by Gasteiger charge is -2.22. The van der Waals surface area contributed by atoms with Crippen molar-refractivity contribution in [3.05, 3.63) is 80.8 Å². The van der Waals surface area contributed by atoms with Gasteiger partial charge in [0.25, 0.3) is 5.91 Å². The largest absolute Gasteiger partial charge is 0.343 e. The summed E-state index contributed by atoms with van der Waals surface area (Å²) in [6.45, 7) is 5.46. The maximum absolute atomic E-state index is 12.3. The molecule has 7 heteroatoms. The number of thiazole rings is 1. The number of aromatic nitrogens is 1. The van der Waals surface area contributed by atoms with Gasteiger partial charge in [-0.1, -0.05) is 66.0 Å². The normalized spacial score (nSPS) is 10.8. The molecule has 3 rings (SSSR count). The first-order valence-corrected chi connectivity index (χ1v) is 11.7. The molecule has 1 amide bonds. The summed E-state index contributed by atoms with van der Waals surface area (Å²) >= 11 is 9.13. The van der Waals surface area contributed by atoms with Crippen LogP contribution in [-0.4, -0.2) is 23.7 Å². The second-order valence-electron chi connectivity index (χ2n) is 6.78. The van der Waals surface area contributed by atoms with E-state index in [1.165, 1.54) is 23.1 Å². The van der Waals surface area contributed by atoms with Gasteiger partial charge in [0.15, 0.2) is 5.13 Å².